The van der Waals surface area contributed by atoms with E-state index in [4.69, 9.17) is 17.3 Å². The van der Waals surface area contributed by atoms with Crippen LogP contribution < -0.4 is 11.1 Å². The lowest BCUT2D eigenvalue weighted by atomic mass is 10.0. The van der Waals surface area contributed by atoms with Crippen LogP contribution in [0.5, 0.6) is 0 Å². The van der Waals surface area contributed by atoms with E-state index < -0.39 is 30.5 Å². The van der Waals surface area contributed by atoms with E-state index in [9.17, 15) is 14.4 Å². The summed E-state index contributed by atoms with van der Waals surface area (Å²) in [4.78, 5) is 34.5. The average Bonchev–Trinajstić information content (AvgIpc) is 2.23. The van der Waals surface area contributed by atoms with Gasteiger partial charge in [0.15, 0.2) is 0 Å². The monoisotopic (exact) mass is 255 g/mol. The number of urea groups is 1. The van der Waals surface area contributed by atoms with Crippen molar-refractivity contribution < 1.29 is 19.5 Å². The fraction of sp³-hybridized carbons (Fsp3) is 0.545. The smallest absolute Gasteiger partial charge is 0.323 e. The first kappa shape index (κ1) is 15.8. The third-order valence-corrected chi connectivity index (χ3v) is 2.15. The van der Waals surface area contributed by atoms with Gasteiger partial charge in [-0.15, -0.1) is 6.42 Å². The second-order valence-electron chi connectivity index (χ2n) is 4.02. The van der Waals surface area contributed by atoms with Crippen molar-refractivity contribution in [1.82, 2.24) is 10.2 Å². The highest BCUT2D eigenvalue weighted by Crippen LogP contribution is 2.06. The fourth-order valence-electron chi connectivity index (χ4n) is 1.35. The molecule has 4 N–H and O–H groups in total. The zero-order chi connectivity index (χ0) is 14.3. The standard InChI is InChI=1S/C11H17N3O4/c1-4-5-14(6-8(15)16)10(17)9(7(2)3)13-11(12)18/h1,7,9H,5-6H2,2-3H3,(H,15,16)(H3,12,13,18). The summed E-state index contributed by atoms with van der Waals surface area (Å²) in [6.45, 7) is 2.74. The molecular formula is C11H17N3O4. The Kier molecular flexibility index (Phi) is 6.28. The lowest BCUT2D eigenvalue weighted by Crippen LogP contribution is -2.53. The van der Waals surface area contributed by atoms with E-state index in [0.717, 1.165) is 4.90 Å². The van der Waals surface area contributed by atoms with Crippen molar-refractivity contribution in [2.24, 2.45) is 11.7 Å². The first-order valence-electron chi connectivity index (χ1n) is 5.29. The first-order valence-corrected chi connectivity index (χ1v) is 5.29. The van der Waals surface area contributed by atoms with Gasteiger partial charge in [-0.3, -0.25) is 9.59 Å². The third-order valence-electron chi connectivity index (χ3n) is 2.15. The van der Waals surface area contributed by atoms with E-state index in [2.05, 4.69) is 11.2 Å². The number of aliphatic carboxylic acids is 1. The topological polar surface area (TPSA) is 113 Å². The van der Waals surface area contributed by atoms with Crippen LogP contribution >= 0.6 is 0 Å². The number of carboxylic acid groups (broad SMARTS) is 1. The number of carboxylic acids is 1. The predicted molar refractivity (Wildman–Crippen MR) is 64.4 cm³/mol. The molecule has 0 saturated heterocycles. The molecular weight excluding hydrogens is 238 g/mol. The van der Waals surface area contributed by atoms with Crippen LogP contribution in [0, 0.1) is 18.3 Å². The molecule has 0 bridgehead atoms. The van der Waals surface area contributed by atoms with Gasteiger partial charge in [0.25, 0.3) is 0 Å². The third kappa shape index (κ3) is 5.21. The molecule has 0 aliphatic rings. The zero-order valence-corrected chi connectivity index (χ0v) is 10.3. The molecule has 100 valence electrons. The van der Waals surface area contributed by atoms with E-state index in [0.29, 0.717) is 0 Å². The normalized spacial score (nSPS) is 11.4. The fourth-order valence-corrected chi connectivity index (χ4v) is 1.35. The van der Waals surface area contributed by atoms with Crippen LogP contribution in [0.3, 0.4) is 0 Å². The number of rotatable bonds is 6. The van der Waals surface area contributed by atoms with Gasteiger partial charge >= 0.3 is 12.0 Å². The number of primary amides is 1. The van der Waals surface area contributed by atoms with E-state index >= 15 is 0 Å². The first-order chi connectivity index (χ1) is 8.29. The minimum absolute atomic E-state index is 0.144. The molecule has 7 nitrogen and oxygen atoms in total. The van der Waals surface area contributed by atoms with Gasteiger partial charge in [-0.25, -0.2) is 4.79 Å². The van der Waals surface area contributed by atoms with Gasteiger partial charge in [-0.2, -0.15) is 0 Å². The molecule has 18 heavy (non-hydrogen) atoms. The number of nitrogens with two attached hydrogens (primary N) is 1. The molecule has 0 aromatic carbocycles. The molecule has 0 aliphatic carbocycles. The lowest BCUT2D eigenvalue weighted by molar-refractivity contribution is -0.145. The van der Waals surface area contributed by atoms with Gasteiger partial charge in [-0.1, -0.05) is 19.8 Å². The molecule has 0 aliphatic heterocycles. The Morgan fingerprint density at radius 1 is 1.44 bits per heavy atom. The highest BCUT2D eigenvalue weighted by Gasteiger charge is 2.28. The largest absolute Gasteiger partial charge is 0.480 e. The van der Waals surface area contributed by atoms with E-state index in [1.165, 1.54) is 0 Å². The number of carbonyl (C=O) groups excluding carboxylic acids is 2. The van der Waals surface area contributed by atoms with Gasteiger partial charge in [0, 0.05) is 0 Å². The van der Waals surface area contributed by atoms with Gasteiger partial charge in [0.05, 0.1) is 6.54 Å². The summed E-state index contributed by atoms with van der Waals surface area (Å²) in [6, 6.07) is -1.74. The predicted octanol–water partition coefficient (Wildman–Crippen LogP) is -0.774. The number of amides is 3. The molecule has 0 fully saturated rings. The summed E-state index contributed by atoms with van der Waals surface area (Å²) >= 11 is 0. The number of nitrogens with zero attached hydrogens (tertiary/aromatic N) is 1. The van der Waals surface area contributed by atoms with Crippen LogP contribution in [0.25, 0.3) is 0 Å². The molecule has 0 aromatic rings. The Balaban J connectivity index is 4.94. The summed E-state index contributed by atoms with van der Waals surface area (Å²) in [7, 11) is 0. The van der Waals surface area contributed by atoms with Crippen LogP contribution in [0.2, 0.25) is 0 Å². The van der Waals surface area contributed by atoms with Crippen molar-refractivity contribution >= 4 is 17.9 Å². The number of nitrogens with one attached hydrogen (secondary N) is 1. The van der Waals surface area contributed by atoms with Crippen molar-refractivity contribution in [1.29, 1.82) is 0 Å². The Morgan fingerprint density at radius 3 is 2.33 bits per heavy atom. The molecule has 0 heterocycles. The van der Waals surface area contributed by atoms with Gasteiger partial charge in [-0.05, 0) is 5.92 Å². The van der Waals surface area contributed by atoms with Gasteiger partial charge < -0.3 is 21.1 Å². The summed E-state index contributed by atoms with van der Waals surface area (Å²) in [6.07, 6.45) is 5.07. The molecule has 1 unspecified atom stereocenters. The Bertz CT molecular complexity index is 373. The van der Waals surface area contributed by atoms with Crippen LogP contribution in [0.15, 0.2) is 0 Å². The minimum Gasteiger partial charge on any atom is -0.480 e. The molecule has 0 radical (unpaired) electrons. The maximum atomic E-state index is 12.0. The van der Waals surface area contributed by atoms with Crippen LogP contribution in [-0.4, -0.2) is 47.0 Å². The van der Waals surface area contributed by atoms with E-state index in [1.54, 1.807) is 13.8 Å². The van der Waals surface area contributed by atoms with Crippen LogP contribution in [0.4, 0.5) is 4.79 Å². The van der Waals surface area contributed by atoms with Crippen LogP contribution in [0.1, 0.15) is 13.8 Å². The van der Waals surface area contributed by atoms with E-state index in [1.807, 2.05) is 0 Å². The number of hydrogen-bond donors (Lipinski definition) is 3. The summed E-state index contributed by atoms with van der Waals surface area (Å²) in [5.74, 6) is 0.216. The van der Waals surface area contributed by atoms with Crippen molar-refractivity contribution in [2.45, 2.75) is 19.9 Å². The van der Waals surface area contributed by atoms with Gasteiger partial charge in [0.1, 0.15) is 12.6 Å². The lowest BCUT2D eigenvalue weighted by Gasteiger charge is -2.26. The number of terminal acetylenes is 1. The van der Waals surface area contributed by atoms with Crippen molar-refractivity contribution in [3.05, 3.63) is 0 Å². The zero-order valence-electron chi connectivity index (χ0n) is 10.3. The van der Waals surface area contributed by atoms with Crippen molar-refractivity contribution in [3.8, 4) is 12.3 Å². The van der Waals surface area contributed by atoms with Gasteiger partial charge in [0.2, 0.25) is 5.91 Å². The molecule has 0 rings (SSSR count). The minimum atomic E-state index is -1.18. The maximum absolute atomic E-state index is 12.0. The summed E-state index contributed by atoms with van der Waals surface area (Å²) < 4.78 is 0. The van der Waals surface area contributed by atoms with E-state index in [-0.39, 0.29) is 12.5 Å². The number of carbonyl (C=O) groups is 3. The highest BCUT2D eigenvalue weighted by atomic mass is 16.4. The molecule has 0 saturated carbocycles. The molecule has 7 heteroatoms. The molecule has 3 amide bonds. The molecule has 0 aromatic heterocycles. The maximum Gasteiger partial charge on any atom is 0.323 e. The Hall–Kier alpha value is -2.23. The molecule has 1 atom stereocenters. The van der Waals surface area contributed by atoms with Crippen molar-refractivity contribution in [3.63, 3.8) is 0 Å². The second-order valence-corrected chi connectivity index (χ2v) is 4.02. The second kappa shape index (κ2) is 7.17. The highest BCUT2D eigenvalue weighted by molar-refractivity contribution is 5.89. The molecule has 0 spiro atoms. The Labute approximate surface area is 105 Å². The summed E-state index contributed by atoms with van der Waals surface area (Å²) in [5, 5.41) is 11.0. The Morgan fingerprint density at radius 2 is 2.00 bits per heavy atom. The van der Waals surface area contributed by atoms with Crippen LogP contribution in [-0.2, 0) is 9.59 Å². The quantitative estimate of drug-likeness (QED) is 0.540. The summed E-state index contributed by atoms with van der Waals surface area (Å²) in [5.41, 5.74) is 4.97. The SMILES string of the molecule is C#CCN(CC(=O)O)C(=O)C(NC(N)=O)C(C)C. The van der Waals surface area contributed by atoms with Crippen molar-refractivity contribution in [2.75, 3.05) is 13.1 Å². The number of hydrogen-bond acceptors (Lipinski definition) is 3. The average molecular weight is 255 g/mol.